The van der Waals surface area contributed by atoms with Crippen LogP contribution in [-0.4, -0.2) is 42.4 Å². The maximum absolute atomic E-state index is 13.6. The van der Waals surface area contributed by atoms with Crippen LogP contribution in [0.2, 0.25) is 0 Å². The zero-order valence-electron chi connectivity index (χ0n) is 18.7. The molecule has 0 aliphatic carbocycles. The van der Waals surface area contributed by atoms with E-state index in [0.29, 0.717) is 33.1 Å². The van der Waals surface area contributed by atoms with Crippen LogP contribution in [0.3, 0.4) is 0 Å². The molecule has 0 bridgehead atoms. The summed E-state index contributed by atoms with van der Waals surface area (Å²) in [6, 6.07) is 13.2. The Bertz CT molecular complexity index is 1420. The zero-order chi connectivity index (χ0) is 24.0. The average Bonchev–Trinajstić information content (AvgIpc) is 3.25. The minimum atomic E-state index is -1.06. The van der Waals surface area contributed by atoms with Crippen molar-refractivity contribution in [1.82, 2.24) is 19.7 Å². The monoisotopic (exact) mass is 476 g/mol. The largest absolute Gasteiger partial charge is 0.322 e. The maximum atomic E-state index is 13.6. The fourth-order valence-electron chi connectivity index (χ4n) is 3.93. The second-order valence-corrected chi connectivity index (χ2v) is 9.74. The summed E-state index contributed by atoms with van der Waals surface area (Å²) in [5, 5.41) is 7.98. The Morgan fingerprint density at radius 3 is 2.62 bits per heavy atom. The van der Waals surface area contributed by atoms with Crippen LogP contribution >= 0.6 is 11.8 Å². The van der Waals surface area contributed by atoms with Crippen LogP contribution in [0.15, 0.2) is 66.1 Å². The maximum Gasteiger partial charge on any atom is 0.250 e. The lowest BCUT2D eigenvalue weighted by Crippen LogP contribution is -2.60. The molecule has 172 valence electrons. The Balaban J connectivity index is 1.47. The molecule has 3 heterocycles. The smallest absolute Gasteiger partial charge is 0.250 e. The van der Waals surface area contributed by atoms with E-state index in [4.69, 9.17) is 0 Å². The van der Waals surface area contributed by atoms with E-state index >= 15 is 0 Å². The van der Waals surface area contributed by atoms with E-state index in [9.17, 15) is 14.0 Å². The summed E-state index contributed by atoms with van der Waals surface area (Å²) in [6.45, 7) is 5.24. The van der Waals surface area contributed by atoms with Crippen molar-refractivity contribution in [3.63, 3.8) is 0 Å². The molecule has 1 unspecified atom stereocenters. The van der Waals surface area contributed by atoms with Crippen LogP contribution in [0.25, 0.3) is 16.7 Å². The molecule has 8 nitrogen and oxygen atoms in total. The third kappa shape index (κ3) is 3.60. The molecule has 1 aliphatic heterocycles. The van der Waals surface area contributed by atoms with Crippen LogP contribution in [-0.2, 0) is 9.59 Å². The number of para-hydroxylation sites is 2. The van der Waals surface area contributed by atoms with Gasteiger partial charge in [0.15, 0.2) is 5.65 Å². The summed E-state index contributed by atoms with van der Waals surface area (Å²) in [4.78, 5) is 36.7. The molecule has 10 heteroatoms. The second kappa shape index (κ2) is 8.21. The summed E-state index contributed by atoms with van der Waals surface area (Å²) in [6.07, 6.45) is 3.04. The molecule has 2 aromatic heterocycles. The van der Waals surface area contributed by atoms with Crippen LogP contribution in [0.4, 0.5) is 15.8 Å². The number of amides is 2. The van der Waals surface area contributed by atoms with Gasteiger partial charge in [0.25, 0.3) is 0 Å². The number of nitrogens with zero attached hydrogens (tertiary/aromatic N) is 5. The number of halogens is 1. The number of aromatic nitrogens is 4. The highest BCUT2D eigenvalue weighted by atomic mass is 32.2. The van der Waals surface area contributed by atoms with E-state index in [0.717, 1.165) is 0 Å². The van der Waals surface area contributed by atoms with Crippen LogP contribution in [0, 0.1) is 5.82 Å². The number of rotatable bonds is 4. The first kappa shape index (κ1) is 22.0. The molecule has 2 amide bonds. The Hall–Kier alpha value is -3.79. The summed E-state index contributed by atoms with van der Waals surface area (Å²) >= 11 is 1.28. The van der Waals surface area contributed by atoms with Gasteiger partial charge in [0.2, 0.25) is 11.8 Å². The van der Waals surface area contributed by atoms with Gasteiger partial charge in [-0.25, -0.2) is 19.0 Å². The van der Waals surface area contributed by atoms with E-state index in [1.807, 2.05) is 18.2 Å². The summed E-state index contributed by atoms with van der Waals surface area (Å²) in [5.74, 6) is -0.800. The summed E-state index contributed by atoms with van der Waals surface area (Å²) < 4.78 is 14.9. The molecule has 0 fully saturated rings. The summed E-state index contributed by atoms with van der Waals surface area (Å²) in [7, 11) is 0. The minimum absolute atomic E-state index is 0.213. The Morgan fingerprint density at radius 1 is 1.12 bits per heavy atom. The molecule has 0 spiro atoms. The number of thioether (sulfide) groups is 1. The van der Waals surface area contributed by atoms with Gasteiger partial charge < -0.3 is 5.32 Å². The molecule has 0 radical (unpaired) electrons. The quantitative estimate of drug-likeness (QED) is 0.351. The van der Waals surface area contributed by atoms with Gasteiger partial charge in [-0.05, 0) is 57.2 Å². The van der Waals surface area contributed by atoms with E-state index in [1.165, 1.54) is 30.2 Å². The summed E-state index contributed by atoms with van der Waals surface area (Å²) in [5.41, 5.74) is 1.40. The highest BCUT2D eigenvalue weighted by molar-refractivity contribution is 8.00. The number of carbonyl (C=O) groups is 2. The first-order valence-electron chi connectivity index (χ1n) is 10.6. The van der Waals surface area contributed by atoms with E-state index in [1.54, 1.807) is 54.7 Å². The van der Waals surface area contributed by atoms with Gasteiger partial charge in [-0.1, -0.05) is 23.9 Å². The number of hydrogen-bond donors (Lipinski definition) is 1. The highest BCUT2D eigenvalue weighted by Crippen LogP contribution is 2.39. The van der Waals surface area contributed by atoms with Crippen molar-refractivity contribution in [2.45, 2.75) is 36.6 Å². The predicted molar refractivity (Wildman–Crippen MR) is 129 cm³/mol. The van der Waals surface area contributed by atoms with Crippen LogP contribution in [0.5, 0.6) is 0 Å². The second-order valence-electron chi connectivity index (χ2n) is 8.41. The molecule has 0 saturated heterocycles. The van der Waals surface area contributed by atoms with Crippen LogP contribution < -0.4 is 10.2 Å². The predicted octanol–water partition coefficient (Wildman–Crippen LogP) is 4.20. The number of nitrogens with one attached hydrogen (secondary N) is 1. The van der Waals surface area contributed by atoms with Gasteiger partial charge >= 0.3 is 0 Å². The van der Waals surface area contributed by atoms with Gasteiger partial charge in [0, 0.05) is 0 Å². The number of benzene rings is 2. The fourth-order valence-corrected chi connectivity index (χ4v) is 4.85. The van der Waals surface area contributed by atoms with Gasteiger partial charge in [0.1, 0.15) is 22.7 Å². The normalized spacial score (nSPS) is 15.6. The molecule has 1 aliphatic rings. The Labute approximate surface area is 199 Å². The molecule has 1 atom stereocenters. The fraction of sp³-hybridized carbons (Fsp3) is 0.208. The van der Waals surface area contributed by atoms with Crippen molar-refractivity contribution in [3.8, 4) is 5.69 Å². The van der Waals surface area contributed by atoms with Crippen molar-refractivity contribution >= 4 is 46.0 Å². The molecule has 34 heavy (non-hydrogen) atoms. The van der Waals surface area contributed by atoms with E-state index in [2.05, 4.69) is 20.4 Å². The lowest BCUT2D eigenvalue weighted by molar-refractivity contribution is -0.126. The molecular weight excluding hydrogens is 455 g/mol. The molecular formula is C24H21FN6O2S. The van der Waals surface area contributed by atoms with Gasteiger partial charge in [-0.2, -0.15) is 5.10 Å². The van der Waals surface area contributed by atoms with Crippen molar-refractivity contribution in [2.75, 3.05) is 10.2 Å². The lowest BCUT2D eigenvalue weighted by Gasteiger charge is -2.43. The third-order valence-corrected chi connectivity index (χ3v) is 6.87. The van der Waals surface area contributed by atoms with Gasteiger partial charge in [-0.3, -0.25) is 14.5 Å². The molecule has 2 aromatic carbocycles. The Kier molecular flexibility index (Phi) is 5.32. The van der Waals surface area contributed by atoms with Crippen molar-refractivity contribution in [2.24, 2.45) is 0 Å². The topological polar surface area (TPSA) is 93.0 Å². The first-order chi connectivity index (χ1) is 16.3. The number of hydrogen-bond acceptors (Lipinski definition) is 6. The van der Waals surface area contributed by atoms with Crippen molar-refractivity contribution in [1.29, 1.82) is 0 Å². The number of fused-ring (bicyclic) bond motifs is 2. The number of anilines is 2. The first-order valence-corrected chi connectivity index (χ1v) is 11.5. The molecule has 4 aromatic rings. The van der Waals surface area contributed by atoms with Gasteiger partial charge in [0.05, 0.1) is 33.9 Å². The zero-order valence-corrected chi connectivity index (χ0v) is 19.5. The standard InChI is InChI=1S/C24H21FN6O2S/c1-14(22(32)30-19-7-5-4-6-18(19)29-23(33)24(30,2)3)34-21-17-12-28-31(20(17)26-13-27-21)16-10-8-15(25)9-11-16/h4-14H,1-3H3,(H,29,33). The minimum Gasteiger partial charge on any atom is -0.322 e. The van der Waals surface area contributed by atoms with Crippen LogP contribution in [0.1, 0.15) is 20.8 Å². The SMILES string of the molecule is CC(Sc1ncnc2c1cnn2-c1ccc(F)cc1)C(=O)N1c2ccccc2NC(=O)C1(C)C. The molecule has 0 saturated carbocycles. The third-order valence-electron chi connectivity index (χ3n) is 5.76. The van der Waals surface area contributed by atoms with Crippen molar-refractivity contribution < 1.29 is 14.0 Å². The van der Waals surface area contributed by atoms with Crippen molar-refractivity contribution in [3.05, 3.63) is 66.9 Å². The number of carbonyl (C=O) groups excluding carboxylic acids is 2. The molecule has 5 rings (SSSR count). The lowest BCUT2D eigenvalue weighted by atomic mass is 9.96. The van der Waals surface area contributed by atoms with E-state index in [-0.39, 0.29) is 17.6 Å². The molecule has 1 N–H and O–H groups in total. The Morgan fingerprint density at radius 2 is 1.85 bits per heavy atom. The highest BCUT2D eigenvalue weighted by Gasteiger charge is 2.44. The van der Waals surface area contributed by atoms with Gasteiger partial charge in [-0.15, -0.1) is 0 Å². The van der Waals surface area contributed by atoms with E-state index < -0.39 is 10.8 Å². The average molecular weight is 477 g/mol.